The van der Waals surface area contributed by atoms with E-state index in [1.807, 2.05) is 6.07 Å². The van der Waals surface area contributed by atoms with Crippen LogP contribution >= 0.6 is 23.2 Å². The molecule has 4 nitrogen and oxygen atoms in total. The predicted octanol–water partition coefficient (Wildman–Crippen LogP) is 6.26. The van der Waals surface area contributed by atoms with Gasteiger partial charge >= 0.3 is 6.18 Å². The molecule has 0 bridgehead atoms. The molecule has 0 radical (unpaired) electrons. The Morgan fingerprint density at radius 2 is 1.84 bits per heavy atom. The fourth-order valence-electron chi connectivity index (χ4n) is 3.35. The number of nitrogens with zero attached hydrogens (tertiary/aromatic N) is 1. The van der Waals surface area contributed by atoms with Crippen LogP contribution in [0, 0.1) is 5.92 Å². The molecular formula is C22H23Cl2F3N2O2. The fourth-order valence-corrected chi connectivity index (χ4v) is 3.82. The standard InChI is InChI=1S/C22H23Cl2F3N2O2/c1-14-6-8-29(9-7-14)12-15-2-4-17(11-18(15)23)28-21(30)13-31-20-5-3-16(10-19(20)24)22(25,26)27/h2-5,10-11,14H,6-9,12-13H2,1H3,(H,28,30). The van der Waals surface area contributed by atoms with Gasteiger partial charge in [-0.3, -0.25) is 9.69 Å². The number of carbonyl (C=O) groups excluding carboxylic acids is 1. The lowest BCUT2D eigenvalue weighted by molar-refractivity contribution is -0.137. The van der Waals surface area contributed by atoms with Gasteiger partial charge in [-0.1, -0.05) is 36.2 Å². The Kier molecular flexibility index (Phi) is 7.73. The van der Waals surface area contributed by atoms with Gasteiger partial charge in [0.2, 0.25) is 0 Å². The SMILES string of the molecule is CC1CCN(Cc2ccc(NC(=O)COc3ccc(C(F)(F)F)cc3Cl)cc2Cl)CC1. The maximum Gasteiger partial charge on any atom is 0.416 e. The van der Waals surface area contributed by atoms with Crippen molar-refractivity contribution < 1.29 is 22.7 Å². The Morgan fingerprint density at radius 3 is 2.45 bits per heavy atom. The second-order valence-corrected chi connectivity index (χ2v) is 8.56. The van der Waals surface area contributed by atoms with E-state index in [1.165, 1.54) is 12.8 Å². The van der Waals surface area contributed by atoms with E-state index in [4.69, 9.17) is 27.9 Å². The van der Waals surface area contributed by atoms with E-state index >= 15 is 0 Å². The number of ether oxygens (including phenoxy) is 1. The molecule has 1 saturated heterocycles. The van der Waals surface area contributed by atoms with Crippen molar-refractivity contribution in [3.8, 4) is 5.75 Å². The first-order valence-corrected chi connectivity index (χ1v) is 10.7. The van der Waals surface area contributed by atoms with Gasteiger partial charge in [0.15, 0.2) is 6.61 Å². The van der Waals surface area contributed by atoms with Crippen LogP contribution in [-0.4, -0.2) is 30.5 Å². The number of nitrogens with one attached hydrogen (secondary N) is 1. The minimum absolute atomic E-state index is 0.00551. The molecule has 1 fully saturated rings. The summed E-state index contributed by atoms with van der Waals surface area (Å²) in [5.41, 5.74) is 0.609. The lowest BCUT2D eigenvalue weighted by Crippen LogP contribution is -2.32. The smallest absolute Gasteiger partial charge is 0.416 e. The van der Waals surface area contributed by atoms with Crippen LogP contribution in [0.2, 0.25) is 10.0 Å². The number of halogens is 5. The van der Waals surface area contributed by atoms with Crippen LogP contribution < -0.4 is 10.1 Å². The van der Waals surface area contributed by atoms with Gasteiger partial charge in [0, 0.05) is 17.3 Å². The fraction of sp³-hybridized carbons (Fsp3) is 0.409. The van der Waals surface area contributed by atoms with Crippen molar-refractivity contribution in [2.45, 2.75) is 32.5 Å². The third-order valence-corrected chi connectivity index (χ3v) is 5.87. The summed E-state index contributed by atoms with van der Waals surface area (Å²) in [7, 11) is 0. The summed E-state index contributed by atoms with van der Waals surface area (Å²) < 4.78 is 43.3. The Hall–Kier alpha value is -1.96. The Morgan fingerprint density at radius 1 is 1.13 bits per heavy atom. The number of alkyl halides is 3. The molecule has 0 aliphatic carbocycles. The highest BCUT2D eigenvalue weighted by Gasteiger charge is 2.31. The summed E-state index contributed by atoms with van der Waals surface area (Å²) in [5.74, 6) is 0.267. The van der Waals surface area contributed by atoms with Crippen LogP contribution in [0.25, 0.3) is 0 Å². The second-order valence-electron chi connectivity index (χ2n) is 7.74. The van der Waals surface area contributed by atoms with E-state index in [0.29, 0.717) is 10.7 Å². The molecule has 1 amide bonds. The van der Waals surface area contributed by atoms with E-state index in [0.717, 1.165) is 49.3 Å². The number of hydrogen-bond donors (Lipinski definition) is 1. The van der Waals surface area contributed by atoms with Crippen molar-refractivity contribution in [3.05, 3.63) is 57.6 Å². The van der Waals surface area contributed by atoms with Crippen LogP contribution in [0.15, 0.2) is 36.4 Å². The Bertz CT molecular complexity index is 929. The average Bonchev–Trinajstić information content (AvgIpc) is 2.70. The van der Waals surface area contributed by atoms with Crippen LogP contribution in [0.4, 0.5) is 18.9 Å². The molecule has 9 heteroatoms. The molecule has 0 unspecified atom stereocenters. The number of likely N-dealkylation sites (tertiary alicyclic amines) is 1. The van der Waals surface area contributed by atoms with Gasteiger partial charge in [0.25, 0.3) is 5.91 Å². The molecule has 1 heterocycles. The first-order chi connectivity index (χ1) is 14.6. The van der Waals surface area contributed by atoms with Gasteiger partial charge in [-0.2, -0.15) is 13.2 Å². The molecule has 168 valence electrons. The van der Waals surface area contributed by atoms with Crippen molar-refractivity contribution in [3.63, 3.8) is 0 Å². The lowest BCUT2D eigenvalue weighted by atomic mass is 9.99. The lowest BCUT2D eigenvalue weighted by Gasteiger charge is -2.30. The van der Waals surface area contributed by atoms with E-state index in [2.05, 4.69) is 17.1 Å². The number of carbonyl (C=O) groups is 1. The van der Waals surface area contributed by atoms with E-state index in [-0.39, 0.29) is 10.8 Å². The van der Waals surface area contributed by atoms with Gasteiger partial charge in [-0.05, 0) is 67.7 Å². The number of amides is 1. The first kappa shape index (κ1) is 23.7. The summed E-state index contributed by atoms with van der Waals surface area (Å²) >= 11 is 12.2. The van der Waals surface area contributed by atoms with Gasteiger partial charge in [-0.25, -0.2) is 0 Å². The minimum Gasteiger partial charge on any atom is -0.482 e. The minimum atomic E-state index is -4.50. The summed E-state index contributed by atoms with van der Waals surface area (Å²) in [5, 5.41) is 3.00. The third-order valence-electron chi connectivity index (χ3n) is 5.23. The van der Waals surface area contributed by atoms with Crippen LogP contribution in [-0.2, 0) is 17.5 Å². The highest BCUT2D eigenvalue weighted by atomic mass is 35.5. The van der Waals surface area contributed by atoms with Gasteiger partial charge in [0.1, 0.15) is 5.75 Å². The van der Waals surface area contributed by atoms with Gasteiger partial charge in [-0.15, -0.1) is 0 Å². The van der Waals surface area contributed by atoms with Crippen molar-refractivity contribution in [2.24, 2.45) is 5.92 Å². The Labute approximate surface area is 189 Å². The second kappa shape index (κ2) is 10.1. The van der Waals surface area contributed by atoms with Crippen molar-refractivity contribution in [1.29, 1.82) is 0 Å². The number of rotatable bonds is 6. The highest BCUT2D eigenvalue weighted by molar-refractivity contribution is 6.32. The van der Waals surface area contributed by atoms with Gasteiger partial charge in [0.05, 0.1) is 10.6 Å². The monoisotopic (exact) mass is 474 g/mol. The summed E-state index contributed by atoms with van der Waals surface area (Å²) in [4.78, 5) is 14.5. The van der Waals surface area contributed by atoms with Crippen molar-refractivity contribution in [1.82, 2.24) is 4.90 Å². The maximum absolute atomic E-state index is 12.7. The van der Waals surface area contributed by atoms with Crippen LogP contribution in [0.3, 0.4) is 0 Å². The number of benzene rings is 2. The molecule has 1 aliphatic heterocycles. The predicted molar refractivity (Wildman–Crippen MR) is 116 cm³/mol. The molecule has 1 N–H and O–H groups in total. The maximum atomic E-state index is 12.7. The zero-order valence-corrected chi connectivity index (χ0v) is 18.4. The summed E-state index contributed by atoms with van der Waals surface area (Å²) in [6, 6.07) is 8.01. The quantitative estimate of drug-likeness (QED) is 0.536. The molecule has 3 rings (SSSR count). The number of hydrogen-bond acceptors (Lipinski definition) is 3. The highest BCUT2D eigenvalue weighted by Crippen LogP contribution is 2.34. The zero-order chi connectivity index (χ0) is 22.6. The van der Waals surface area contributed by atoms with Crippen molar-refractivity contribution >= 4 is 34.8 Å². The largest absolute Gasteiger partial charge is 0.482 e. The van der Waals surface area contributed by atoms with Crippen molar-refractivity contribution in [2.75, 3.05) is 25.0 Å². The molecule has 0 atom stereocenters. The molecule has 1 aliphatic rings. The molecule has 0 saturated carbocycles. The third kappa shape index (κ3) is 6.76. The molecule has 0 spiro atoms. The number of piperidine rings is 1. The molecular weight excluding hydrogens is 452 g/mol. The molecule has 0 aromatic heterocycles. The number of anilines is 1. The van der Waals surface area contributed by atoms with E-state index < -0.39 is 24.3 Å². The average molecular weight is 475 g/mol. The summed E-state index contributed by atoms with van der Waals surface area (Å²) in [6.45, 7) is 4.70. The summed E-state index contributed by atoms with van der Waals surface area (Å²) in [6.07, 6.45) is -2.15. The molecule has 31 heavy (non-hydrogen) atoms. The van der Waals surface area contributed by atoms with Crippen LogP contribution in [0.5, 0.6) is 5.75 Å². The first-order valence-electron chi connectivity index (χ1n) is 9.92. The van der Waals surface area contributed by atoms with E-state index in [1.54, 1.807) is 12.1 Å². The topological polar surface area (TPSA) is 41.6 Å². The normalized spacial score (nSPS) is 15.7. The molecule has 2 aromatic carbocycles. The molecule has 2 aromatic rings. The van der Waals surface area contributed by atoms with Crippen LogP contribution in [0.1, 0.15) is 30.9 Å². The van der Waals surface area contributed by atoms with E-state index in [9.17, 15) is 18.0 Å². The zero-order valence-electron chi connectivity index (χ0n) is 16.9. The Balaban J connectivity index is 1.53. The van der Waals surface area contributed by atoms with Gasteiger partial charge < -0.3 is 10.1 Å².